The summed E-state index contributed by atoms with van der Waals surface area (Å²) in [6, 6.07) is 1.69. The van der Waals surface area contributed by atoms with Crippen molar-refractivity contribution in [1.82, 2.24) is 15.1 Å². The minimum absolute atomic E-state index is 0.143. The molecule has 2 heterocycles. The lowest BCUT2D eigenvalue weighted by Gasteiger charge is -1.94. The normalized spacial score (nSPS) is 10.9. The van der Waals surface area contributed by atoms with Crippen molar-refractivity contribution in [3.05, 3.63) is 28.8 Å². The lowest BCUT2D eigenvalue weighted by molar-refractivity contribution is -0.129. The second kappa shape index (κ2) is 5.30. The molecule has 0 unspecified atom stereocenters. The van der Waals surface area contributed by atoms with Gasteiger partial charge in [-0.25, -0.2) is 8.78 Å². The average molecular weight is 318 g/mol. The number of halogens is 3. The largest absolute Gasteiger partial charge is 0.338 e. The number of ketones is 1. The monoisotopic (exact) mass is 317 g/mol. The summed E-state index contributed by atoms with van der Waals surface area (Å²) in [7, 11) is 0. The molecule has 0 atom stereocenters. The number of carbonyl (C=O) groups excluding carboxylic acids is 1. The van der Waals surface area contributed by atoms with E-state index in [1.165, 1.54) is 6.20 Å². The molecule has 0 bridgehead atoms. The standard InChI is InChI=1S/C10H6BrF2N3O2/c11-6-1-5(3-14-4-6)10-15-8(18-16-10)2-7(17)9(12)13/h1,3-4,9H,2H2. The number of hydrogen-bond acceptors (Lipinski definition) is 5. The van der Waals surface area contributed by atoms with Gasteiger partial charge in [-0.05, 0) is 22.0 Å². The zero-order valence-electron chi connectivity index (χ0n) is 8.81. The predicted octanol–water partition coefficient (Wildman–Crippen LogP) is 2.27. The van der Waals surface area contributed by atoms with Gasteiger partial charge in [-0.15, -0.1) is 0 Å². The van der Waals surface area contributed by atoms with Gasteiger partial charge in [0.2, 0.25) is 17.5 Å². The van der Waals surface area contributed by atoms with Gasteiger partial charge in [0.15, 0.2) is 0 Å². The van der Waals surface area contributed by atoms with Crippen LogP contribution in [0.2, 0.25) is 0 Å². The third-order valence-corrected chi connectivity index (χ3v) is 2.43. The molecule has 0 saturated carbocycles. The zero-order valence-corrected chi connectivity index (χ0v) is 10.4. The van der Waals surface area contributed by atoms with Crippen molar-refractivity contribution in [2.45, 2.75) is 12.8 Å². The van der Waals surface area contributed by atoms with E-state index in [-0.39, 0.29) is 11.7 Å². The molecule has 94 valence electrons. The van der Waals surface area contributed by atoms with E-state index in [0.29, 0.717) is 5.56 Å². The first-order valence-corrected chi connectivity index (χ1v) is 5.60. The molecule has 18 heavy (non-hydrogen) atoms. The molecule has 0 fully saturated rings. The summed E-state index contributed by atoms with van der Waals surface area (Å²) in [6.45, 7) is 0. The van der Waals surface area contributed by atoms with Crippen LogP contribution in [0.15, 0.2) is 27.5 Å². The molecular weight excluding hydrogens is 312 g/mol. The first-order chi connectivity index (χ1) is 8.56. The molecule has 0 amide bonds. The number of carbonyl (C=O) groups is 1. The molecule has 0 aliphatic rings. The summed E-state index contributed by atoms with van der Waals surface area (Å²) in [6.07, 6.45) is -0.543. The summed E-state index contributed by atoms with van der Waals surface area (Å²) in [4.78, 5) is 18.6. The fourth-order valence-corrected chi connectivity index (χ4v) is 1.57. The average Bonchev–Trinajstić information content (AvgIpc) is 2.77. The number of alkyl halides is 2. The highest BCUT2D eigenvalue weighted by atomic mass is 79.9. The Bertz CT molecular complexity index is 574. The van der Waals surface area contributed by atoms with Crippen LogP contribution in [0.3, 0.4) is 0 Å². The molecule has 5 nitrogen and oxygen atoms in total. The van der Waals surface area contributed by atoms with Gasteiger partial charge in [-0.3, -0.25) is 9.78 Å². The maximum Gasteiger partial charge on any atom is 0.296 e. The van der Waals surface area contributed by atoms with Crippen LogP contribution in [0.25, 0.3) is 11.4 Å². The second-order valence-electron chi connectivity index (χ2n) is 3.35. The van der Waals surface area contributed by atoms with Gasteiger partial charge in [0.1, 0.15) is 0 Å². The van der Waals surface area contributed by atoms with E-state index >= 15 is 0 Å². The number of rotatable bonds is 4. The van der Waals surface area contributed by atoms with Crippen LogP contribution in [0, 0.1) is 0 Å². The first-order valence-electron chi connectivity index (χ1n) is 4.80. The number of pyridine rings is 1. The lowest BCUT2D eigenvalue weighted by Crippen LogP contribution is -2.12. The highest BCUT2D eigenvalue weighted by Crippen LogP contribution is 2.19. The van der Waals surface area contributed by atoms with Crippen LogP contribution in [0.5, 0.6) is 0 Å². The minimum atomic E-state index is -3.03. The molecular formula is C10H6BrF2N3O2. The van der Waals surface area contributed by atoms with Gasteiger partial charge in [0, 0.05) is 22.4 Å². The van der Waals surface area contributed by atoms with Crippen molar-refractivity contribution >= 4 is 21.7 Å². The second-order valence-corrected chi connectivity index (χ2v) is 4.26. The Morgan fingerprint density at radius 2 is 2.22 bits per heavy atom. The Hall–Kier alpha value is -1.70. The zero-order chi connectivity index (χ0) is 13.1. The number of aromatic nitrogens is 3. The van der Waals surface area contributed by atoms with Crippen molar-refractivity contribution < 1.29 is 18.1 Å². The Morgan fingerprint density at radius 3 is 2.89 bits per heavy atom. The molecule has 0 aliphatic heterocycles. The van der Waals surface area contributed by atoms with E-state index in [9.17, 15) is 13.6 Å². The number of nitrogens with zero attached hydrogens (tertiary/aromatic N) is 3. The summed E-state index contributed by atoms with van der Waals surface area (Å²) >= 11 is 3.22. The van der Waals surface area contributed by atoms with Gasteiger partial charge >= 0.3 is 0 Å². The van der Waals surface area contributed by atoms with Crippen molar-refractivity contribution in [3.8, 4) is 11.4 Å². The predicted molar refractivity (Wildman–Crippen MR) is 59.9 cm³/mol. The van der Waals surface area contributed by atoms with Crippen molar-refractivity contribution in [2.75, 3.05) is 0 Å². The Morgan fingerprint density at radius 1 is 1.44 bits per heavy atom. The van der Waals surface area contributed by atoms with Crippen LogP contribution >= 0.6 is 15.9 Å². The van der Waals surface area contributed by atoms with Gasteiger partial charge in [0.25, 0.3) is 6.43 Å². The van der Waals surface area contributed by atoms with Gasteiger partial charge in [0.05, 0.1) is 6.42 Å². The molecule has 0 radical (unpaired) electrons. The van der Waals surface area contributed by atoms with Gasteiger partial charge < -0.3 is 4.52 Å². The first kappa shape index (κ1) is 12.7. The Kier molecular flexibility index (Phi) is 3.75. The highest BCUT2D eigenvalue weighted by Gasteiger charge is 2.19. The molecule has 0 aliphatic carbocycles. The molecule has 2 aromatic heterocycles. The van der Waals surface area contributed by atoms with E-state index in [1.54, 1.807) is 12.3 Å². The fraction of sp³-hybridized carbons (Fsp3) is 0.200. The van der Waals surface area contributed by atoms with Crippen molar-refractivity contribution in [2.24, 2.45) is 0 Å². The summed E-state index contributed by atoms with van der Waals surface area (Å²) < 4.78 is 29.5. The van der Waals surface area contributed by atoms with E-state index in [4.69, 9.17) is 4.52 Å². The third kappa shape index (κ3) is 2.95. The lowest BCUT2D eigenvalue weighted by atomic mass is 10.2. The van der Waals surface area contributed by atoms with Crippen LogP contribution in [-0.4, -0.2) is 27.3 Å². The topological polar surface area (TPSA) is 68.9 Å². The van der Waals surface area contributed by atoms with E-state index in [2.05, 4.69) is 31.1 Å². The summed E-state index contributed by atoms with van der Waals surface area (Å²) in [5, 5.41) is 3.60. The molecule has 0 aromatic carbocycles. The van der Waals surface area contributed by atoms with Crippen LogP contribution < -0.4 is 0 Å². The van der Waals surface area contributed by atoms with Gasteiger partial charge in [-0.2, -0.15) is 4.98 Å². The molecule has 2 aromatic rings. The molecule has 0 saturated heterocycles. The van der Waals surface area contributed by atoms with E-state index in [1.807, 2.05) is 0 Å². The fourth-order valence-electron chi connectivity index (χ4n) is 1.20. The Labute approximate surface area is 108 Å². The highest BCUT2D eigenvalue weighted by molar-refractivity contribution is 9.10. The SMILES string of the molecule is O=C(Cc1nc(-c2cncc(Br)c2)no1)C(F)F. The third-order valence-electron chi connectivity index (χ3n) is 2.00. The van der Waals surface area contributed by atoms with Crippen LogP contribution in [-0.2, 0) is 11.2 Å². The smallest absolute Gasteiger partial charge is 0.296 e. The van der Waals surface area contributed by atoms with E-state index < -0.39 is 18.6 Å². The number of Topliss-reactive ketones (excluding diaryl/α,β-unsaturated/α-hetero) is 1. The Balaban J connectivity index is 2.18. The minimum Gasteiger partial charge on any atom is -0.338 e. The van der Waals surface area contributed by atoms with Gasteiger partial charge in [-0.1, -0.05) is 5.16 Å². The van der Waals surface area contributed by atoms with Crippen LogP contribution in [0.1, 0.15) is 5.89 Å². The summed E-state index contributed by atoms with van der Waals surface area (Å²) in [5.74, 6) is -1.20. The molecule has 8 heteroatoms. The maximum absolute atomic E-state index is 12.0. The summed E-state index contributed by atoms with van der Waals surface area (Å²) in [5.41, 5.74) is 0.559. The van der Waals surface area contributed by atoms with Crippen molar-refractivity contribution in [1.29, 1.82) is 0 Å². The quantitative estimate of drug-likeness (QED) is 0.865. The maximum atomic E-state index is 12.0. The van der Waals surface area contributed by atoms with E-state index in [0.717, 1.165) is 4.47 Å². The molecule has 2 rings (SSSR count). The van der Waals surface area contributed by atoms with Crippen molar-refractivity contribution in [3.63, 3.8) is 0 Å². The van der Waals surface area contributed by atoms with Crippen LogP contribution in [0.4, 0.5) is 8.78 Å². The molecule has 0 N–H and O–H groups in total. The number of hydrogen-bond donors (Lipinski definition) is 0. The molecule has 0 spiro atoms.